The van der Waals surface area contributed by atoms with Crippen LogP contribution in [0.25, 0.3) is 0 Å². The van der Waals surface area contributed by atoms with Crippen LogP contribution in [0, 0.1) is 18.3 Å². The van der Waals surface area contributed by atoms with Gasteiger partial charge in [0.25, 0.3) is 0 Å². The molecule has 2 aliphatic rings. The number of hydrogen-bond donors (Lipinski definition) is 0. The Labute approximate surface area is 110 Å². The Morgan fingerprint density at radius 2 is 1.72 bits per heavy atom. The fourth-order valence-electron chi connectivity index (χ4n) is 2.88. The highest BCUT2D eigenvalue weighted by molar-refractivity contribution is 7.89. The zero-order valence-electron chi connectivity index (χ0n) is 10.8. The molecule has 102 valence electrons. The zero-order valence-corrected chi connectivity index (χ0v) is 11.7. The van der Waals surface area contributed by atoms with E-state index in [0.717, 1.165) is 25.9 Å². The van der Waals surface area contributed by atoms with Crippen molar-refractivity contribution in [3.63, 3.8) is 0 Å². The molecular weight excluding hydrogens is 248 g/mol. The van der Waals surface area contributed by atoms with Gasteiger partial charge in [0, 0.05) is 26.2 Å². The molecule has 0 unspecified atom stereocenters. The van der Waals surface area contributed by atoms with Crippen LogP contribution in [0.3, 0.4) is 0 Å². The number of sulfonamides is 1. The summed E-state index contributed by atoms with van der Waals surface area (Å²) in [6.45, 7) is 3.33. The highest BCUT2D eigenvalue weighted by atomic mass is 32.2. The van der Waals surface area contributed by atoms with Crippen molar-refractivity contribution in [2.75, 3.05) is 38.5 Å². The van der Waals surface area contributed by atoms with Crippen molar-refractivity contribution in [3.05, 3.63) is 0 Å². The lowest BCUT2D eigenvalue weighted by atomic mass is 10.1. The van der Waals surface area contributed by atoms with E-state index in [1.54, 1.807) is 4.31 Å². The molecule has 0 aromatic carbocycles. The molecule has 0 amide bonds. The number of nitrogens with zero attached hydrogens (tertiary/aromatic N) is 2. The van der Waals surface area contributed by atoms with E-state index in [2.05, 4.69) is 10.8 Å². The maximum absolute atomic E-state index is 12.3. The van der Waals surface area contributed by atoms with Crippen LogP contribution >= 0.6 is 0 Å². The monoisotopic (exact) mass is 270 g/mol. The highest BCUT2D eigenvalue weighted by Crippen LogP contribution is 2.27. The van der Waals surface area contributed by atoms with Gasteiger partial charge in [0.2, 0.25) is 10.0 Å². The number of rotatable bonds is 4. The second-order valence-corrected chi connectivity index (χ2v) is 7.32. The third-order valence-corrected chi connectivity index (χ3v) is 6.01. The lowest BCUT2D eigenvalue weighted by Gasteiger charge is -2.33. The predicted molar refractivity (Wildman–Crippen MR) is 72.6 cm³/mol. The first kappa shape index (κ1) is 13.9. The van der Waals surface area contributed by atoms with Crippen LogP contribution < -0.4 is 0 Å². The van der Waals surface area contributed by atoms with Crippen molar-refractivity contribution in [2.24, 2.45) is 5.92 Å². The summed E-state index contributed by atoms with van der Waals surface area (Å²) in [5.74, 6) is 3.34. The van der Waals surface area contributed by atoms with Gasteiger partial charge in [0.1, 0.15) is 0 Å². The molecule has 0 bridgehead atoms. The van der Waals surface area contributed by atoms with E-state index in [1.165, 1.54) is 12.8 Å². The summed E-state index contributed by atoms with van der Waals surface area (Å²) in [4.78, 5) is 2.13. The molecule has 2 rings (SSSR count). The van der Waals surface area contributed by atoms with Crippen LogP contribution in [0.15, 0.2) is 0 Å². The molecule has 0 radical (unpaired) electrons. The molecule has 1 saturated carbocycles. The van der Waals surface area contributed by atoms with E-state index in [0.29, 0.717) is 31.3 Å². The quantitative estimate of drug-likeness (QED) is 0.708. The summed E-state index contributed by atoms with van der Waals surface area (Å²) < 4.78 is 26.2. The molecular formula is C13H22N2O2S. The Balaban J connectivity index is 1.85. The zero-order chi connectivity index (χ0) is 13.0. The van der Waals surface area contributed by atoms with Crippen molar-refractivity contribution >= 4 is 10.0 Å². The standard InChI is InChI=1S/C13H22N2O2S/c1-2-7-14-8-10-15(11-9-14)18(16,17)12-13-5-3-4-6-13/h1,13H,3-12H2. The van der Waals surface area contributed by atoms with E-state index in [1.807, 2.05) is 0 Å². The third kappa shape index (κ3) is 3.47. The maximum atomic E-state index is 12.3. The summed E-state index contributed by atoms with van der Waals surface area (Å²) in [6, 6.07) is 0. The average molecular weight is 270 g/mol. The smallest absolute Gasteiger partial charge is 0.214 e. The Bertz CT molecular complexity index is 399. The number of piperazine rings is 1. The number of terminal acetylenes is 1. The van der Waals surface area contributed by atoms with Gasteiger partial charge in [-0.2, -0.15) is 4.31 Å². The van der Waals surface area contributed by atoms with E-state index >= 15 is 0 Å². The van der Waals surface area contributed by atoms with Gasteiger partial charge in [-0.25, -0.2) is 8.42 Å². The minimum Gasteiger partial charge on any atom is -0.290 e. The fraction of sp³-hybridized carbons (Fsp3) is 0.846. The Kier molecular flexibility index (Phi) is 4.66. The van der Waals surface area contributed by atoms with Crippen molar-refractivity contribution < 1.29 is 8.42 Å². The molecule has 2 fully saturated rings. The fourth-order valence-corrected chi connectivity index (χ4v) is 4.73. The molecule has 1 heterocycles. The Morgan fingerprint density at radius 3 is 2.28 bits per heavy atom. The normalized spacial score (nSPS) is 24.2. The molecule has 0 atom stereocenters. The lowest BCUT2D eigenvalue weighted by molar-refractivity contribution is 0.206. The molecule has 0 N–H and O–H groups in total. The molecule has 1 aliphatic carbocycles. The van der Waals surface area contributed by atoms with Crippen molar-refractivity contribution in [2.45, 2.75) is 25.7 Å². The summed E-state index contributed by atoms with van der Waals surface area (Å²) in [5, 5.41) is 0. The van der Waals surface area contributed by atoms with Crippen molar-refractivity contribution in [1.82, 2.24) is 9.21 Å². The van der Waals surface area contributed by atoms with Crippen LogP contribution in [0.4, 0.5) is 0 Å². The summed E-state index contributed by atoms with van der Waals surface area (Å²) in [6.07, 6.45) is 9.81. The van der Waals surface area contributed by atoms with Gasteiger partial charge in [0.05, 0.1) is 12.3 Å². The van der Waals surface area contributed by atoms with Crippen LogP contribution in [0.2, 0.25) is 0 Å². The SMILES string of the molecule is C#CCN1CCN(S(=O)(=O)CC2CCCC2)CC1. The van der Waals surface area contributed by atoms with Gasteiger partial charge in [0.15, 0.2) is 0 Å². The maximum Gasteiger partial charge on any atom is 0.214 e. The molecule has 18 heavy (non-hydrogen) atoms. The first-order valence-corrected chi connectivity index (χ1v) is 8.36. The summed E-state index contributed by atoms with van der Waals surface area (Å²) in [7, 11) is -3.05. The minimum atomic E-state index is -3.05. The number of hydrogen-bond acceptors (Lipinski definition) is 3. The van der Waals surface area contributed by atoms with Gasteiger partial charge in [-0.05, 0) is 18.8 Å². The molecule has 4 nitrogen and oxygen atoms in total. The van der Waals surface area contributed by atoms with E-state index in [-0.39, 0.29) is 0 Å². The Hall–Kier alpha value is -0.570. The highest BCUT2D eigenvalue weighted by Gasteiger charge is 2.30. The van der Waals surface area contributed by atoms with Crippen LogP contribution in [0.1, 0.15) is 25.7 Å². The summed E-state index contributed by atoms with van der Waals surface area (Å²) in [5.41, 5.74) is 0. The minimum absolute atomic E-state index is 0.349. The van der Waals surface area contributed by atoms with Gasteiger partial charge >= 0.3 is 0 Å². The second-order valence-electron chi connectivity index (χ2n) is 5.31. The molecule has 1 saturated heterocycles. The van der Waals surface area contributed by atoms with E-state index < -0.39 is 10.0 Å². The predicted octanol–water partition coefficient (Wildman–Crippen LogP) is 0.757. The third-order valence-electron chi connectivity index (χ3n) is 3.96. The van der Waals surface area contributed by atoms with Crippen LogP contribution in [-0.2, 0) is 10.0 Å². The van der Waals surface area contributed by atoms with Crippen LogP contribution in [-0.4, -0.2) is 56.1 Å². The van der Waals surface area contributed by atoms with Gasteiger partial charge in [-0.1, -0.05) is 18.8 Å². The van der Waals surface area contributed by atoms with Gasteiger partial charge < -0.3 is 0 Å². The molecule has 0 aromatic heterocycles. The van der Waals surface area contributed by atoms with E-state index in [9.17, 15) is 8.42 Å². The first-order chi connectivity index (χ1) is 8.62. The second kappa shape index (κ2) is 6.05. The largest absolute Gasteiger partial charge is 0.290 e. The van der Waals surface area contributed by atoms with Gasteiger partial charge in [-0.3, -0.25) is 4.90 Å². The van der Waals surface area contributed by atoms with Gasteiger partial charge in [-0.15, -0.1) is 6.42 Å². The molecule has 0 spiro atoms. The van der Waals surface area contributed by atoms with Crippen LogP contribution in [0.5, 0.6) is 0 Å². The van der Waals surface area contributed by atoms with Crippen molar-refractivity contribution in [1.29, 1.82) is 0 Å². The lowest BCUT2D eigenvalue weighted by Crippen LogP contribution is -2.49. The molecule has 5 heteroatoms. The summed E-state index contributed by atoms with van der Waals surface area (Å²) >= 11 is 0. The van der Waals surface area contributed by atoms with E-state index in [4.69, 9.17) is 6.42 Å². The van der Waals surface area contributed by atoms with Crippen molar-refractivity contribution in [3.8, 4) is 12.3 Å². The molecule has 0 aromatic rings. The topological polar surface area (TPSA) is 40.6 Å². The average Bonchev–Trinajstić information content (AvgIpc) is 2.82. The molecule has 1 aliphatic heterocycles. The first-order valence-electron chi connectivity index (χ1n) is 6.75. The Morgan fingerprint density at radius 1 is 1.11 bits per heavy atom.